The number of aliphatic hydroxyl groups excluding tert-OH is 1. The van der Waals surface area contributed by atoms with Crippen molar-refractivity contribution in [2.75, 3.05) is 24.6 Å². The minimum atomic E-state index is -0.193. The van der Waals surface area contributed by atoms with Crippen LogP contribution in [0.2, 0.25) is 0 Å². The number of amides is 1. The number of nitrogens with zero attached hydrogens (tertiary/aromatic N) is 3. The number of anilines is 1. The van der Waals surface area contributed by atoms with E-state index in [-0.39, 0.29) is 24.5 Å². The molecule has 1 aliphatic heterocycles. The molecule has 120 valence electrons. The lowest BCUT2D eigenvalue weighted by atomic mass is 9.95. The van der Waals surface area contributed by atoms with Crippen molar-refractivity contribution in [2.45, 2.75) is 32.2 Å². The standard InChI is InChI=1S/C16H24N4O2/c1-2-3-4-14(12-21)19-16(22)13-5-9-20(10-6-13)15-11-17-7-8-18-15/h2-3,7-8,11,13-14,21H,4-6,9-10,12H2,1H3,(H,19,22)/b3-2+. The van der Waals surface area contributed by atoms with Crippen molar-refractivity contribution in [3.05, 3.63) is 30.7 Å². The van der Waals surface area contributed by atoms with Crippen LogP contribution in [0, 0.1) is 5.92 Å². The third-order valence-electron chi connectivity index (χ3n) is 3.96. The molecule has 1 aromatic heterocycles. The average molecular weight is 304 g/mol. The number of piperidine rings is 1. The molecule has 6 heteroatoms. The highest BCUT2D eigenvalue weighted by atomic mass is 16.3. The van der Waals surface area contributed by atoms with Crippen LogP contribution in [-0.2, 0) is 4.79 Å². The molecule has 0 bridgehead atoms. The minimum Gasteiger partial charge on any atom is -0.394 e. The summed E-state index contributed by atoms with van der Waals surface area (Å²) in [5.74, 6) is 0.914. The molecule has 22 heavy (non-hydrogen) atoms. The first-order valence-corrected chi connectivity index (χ1v) is 7.78. The SMILES string of the molecule is C/C=C/CC(CO)NC(=O)C1CCN(c2cnccn2)CC1. The molecule has 0 saturated carbocycles. The molecule has 2 rings (SSSR count). The van der Waals surface area contributed by atoms with Crippen LogP contribution in [0.3, 0.4) is 0 Å². The summed E-state index contributed by atoms with van der Waals surface area (Å²) in [7, 11) is 0. The highest BCUT2D eigenvalue weighted by Crippen LogP contribution is 2.21. The van der Waals surface area contributed by atoms with Gasteiger partial charge in [-0.05, 0) is 26.2 Å². The Morgan fingerprint density at radius 2 is 2.27 bits per heavy atom. The van der Waals surface area contributed by atoms with Crippen LogP contribution in [0.15, 0.2) is 30.7 Å². The van der Waals surface area contributed by atoms with Crippen molar-refractivity contribution < 1.29 is 9.90 Å². The van der Waals surface area contributed by atoms with Crippen LogP contribution < -0.4 is 10.2 Å². The van der Waals surface area contributed by atoms with Crippen molar-refractivity contribution >= 4 is 11.7 Å². The highest BCUT2D eigenvalue weighted by molar-refractivity contribution is 5.79. The maximum absolute atomic E-state index is 12.3. The summed E-state index contributed by atoms with van der Waals surface area (Å²) in [6, 6.07) is -0.193. The molecule has 1 atom stereocenters. The lowest BCUT2D eigenvalue weighted by Crippen LogP contribution is -2.45. The van der Waals surface area contributed by atoms with Crippen LogP contribution in [0.25, 0.3) is 0 Å². The largest absolute Gasteiger partial charge is 0.394 e. The van der Waals surface area contributed by atoms with Crippen LogP contribution >= 0.6 is 0 Å². The molecule has 1 amide bonds. The molecule has 1 fully saturated rings. The number of carbonyl (C=O) groups excluding carboxylic acids is 1. The van der Waals surface area contributed by atoms with Crippen LogP contribution in [0.4, 0.5) is 5.82 Å². The molecule has 1 aromatic rings. The average Bonchev–Trinajstić information content (AvgIpc) is 2.59. The van der Waals surface area contributed by atoms with Crippen molar-refractivity contribution in [1.82, 2.24) is 15.3 Å². The highest BCUT2D eigenvalue weighted by Gasteiger charge is 2.26. The maximum atomic E-state index is 12.3. The smallest absolute Gasteiger partial charge is 0.223 e. The van der Waals surface area contributed by atoms with Crippen molar-refractivity contribution in [2.24, 2.45) is 5.92 Å². The van der Waals surface area contributed by atoms with E-state index in [9.17, 15) is 9.90 Å². The molecule has 6 nitrogen and oxygen atoms in total. The summed E-state index contributed by atoms with van der Waals surface area (Å²) < 4.78 is 0. The second-order valence-corrected chi connectivity index (χ2v) is 5.52. The number of carbonyl (C=O) groups is 1. The third kappa shape index (κ3) is 4.53. The van der Waals surface area contributed by atoms with Gasteiger partial charge >= 0.3 is 0 Å². The van der Waals surface area contributed by atoms with E-state index in [1.807, 2.05) is 19.1 Å². The number of nitrogens with one attached hydrogen (secondary N) is 1. The van der Waals surface area contributed by atoms with Crippen LogP contribution in [0.5, 0.6) is 0 Å². The van der Waals surface area contributed by atoms with Gasteiger partial charge in [-0.25, -0.2) is 4.98 Å². The monoisotopic (exact) mass is 304 g/mol. The van der Waals surface area contributed by atoms with Gasteiger partial charge in [0.25, 0.3) is 0 Å². The Morgan fingerprint density at radius 1 is 1.50 bits per heavy atom. The summed E-state index contributed by atoms with van der Waals surface area (Å²) in [5, 5.41) is 12.3. The Balaban J connectivity index is 1.82. The van der Waals surface area contributed by atoms with Crippen molar-refractivity contribution in [3.8, 4) is 0 Å². The molecule has 1 saturated heterocycles. The van der Waals surface area contributed by atoms with E-state index in [1.54, 1.807) is 18.6 Å². The van der Waals surface area contributed by atoms with E-state index in [4.69, 9.17) is 0 Å². The minimum absolute atomic E-state index is 0.00702. The Bertz CT molecular complexity index is 484. The third-order valence-corrected chi connectivity index (χ3v) is 3.96. The molecule has 0 spiro atoms. The van der Waals surface area contributed by atoms with E-state index >= 15 is 0 Å². The zero-order valence-corrected chi connectivity index (χ0v) is 13.0. The lowest BCUT2D eigenvalue weighted by Gasteiger charge is -2.32. The molecule has 2 heterocycles. The molecular weight excluding hydrogens is 280 g/mol. The van der Waals surface area contributed by atoms with Gasteiger partial charge < -0.3 is 15.3 Å². The van der Waals surface area contributed by atoms with Gasteiger partial charge in [-0.3, -0.25) is 9.78 Å². The molecule has 1 aliphatic rings. The molecule has 1 unspecified atom stereocenters. The fourth-order valence-corrected chi connectivity index (χ4v) is 2.62. The van der Waals surface area contributed by atoms with Crippen molar-refractivity contribution in [3.63, 3.8) is 0 Å². The van der Waals surface area contributed by atoms with Gasteiger partial charge in [-0.1, -0.05) is 12.2 Å². The number of aromatic nitrogens is 2. The Morgan fingerprint density at radius 3 is 2.86 bits per heavy atom. The summed E-state index contributed by atoms with van der Waals surface area (Å²) in [5.41, 5.74) is 0. The van der Waals surface area contributed by atoms with Gasteiger partial charge in [0, 0.05) is 31.4 Å². The van der Waals surface area contributed by atoms with Gasteiger partial charge in [-0.2, -0.15) is 0 Å². The van der Waals surface area contributed by atoms with E-state index in [0.717, 1.165) is 31.7 Å². The first-order chi connectivity index (χ1) is 10.7. The number of hydrogen-bond donors (Lipinski definition) is 2. The second kappa shape index (κ2) is 8.48. The normalized spacial score (nSPS) is 17.6. The number of hydrogen-bond acceptors (Lipinski definition) is 5. The summed E-state index contributed by atoms with van der Waals surface area (Å²) in [4.78, 5) is 22.8. The van der Waals surface area contributed by atoms with E-state index in [2.05, 4.69) is 20.2 Å². The zero-order valence-electron chi connectivity index (χ0n) is 13.0. The van der Waals surface area contributed by atoms with Crippen molar-refractivity contribution in [1.29, 1.82) is 0 Å². The predicted octanol–water partition coefficient (Wildman–Crippen LogP) is 1.14. The Kier molecular flexibility index (Phi) is 6.33. The first kappa shape index (κ1) is 16.4. The van der Waals surface area contributed by atoms with E-state index < -0.39 is 0 Å². The predicted molar refractivity (Wildman–Crippen MR) is 85.4 cm³/mol. The molecule has 0 radical (unpaired) electrons. The van der Waals surface area contributed by atoms with E-state index in [1.165, 1.54) is 0 Å². The zero-order chi connectivity index (χ0) is 15.8. The van der Waals surface area contributed by atoms with Gasteiger partial charge in [-0.15, -0.1) is 0 Å². The lowest BCUT2D eigenvalue weighted by molar-refractivity contribution is -0.126. The van der Waals surface area contributed by atoms with E-state index in [0.29, 0.717) is 6.42 Å². The summed E-state index contributed by atoms with van der Waals surface area (Å²) >= 11 is 0. The maximum Gasteiger partial charge on any atom is 0.223 e. The molecular formula is C16H24N4O2. The second-order valence-electron chi connectivity index (χ2n) is 5.52. The topological polar surface area (TPSA) is 78.4 Å². The fourth-order valence-electron chi connectivity index (χ4n) is 2.62. The number of rotatable bonds is 6. The number of allylic oxidation sites excluding steroid dienone is 1. The van der Waals surface area contributed by atoms with Crippen LogP contribution in [0.1, 0.15) is 26.2 Å². The summed E-state index contributed by atoms with van der Waals surface area (Å²) in [6.45, 7) is 3.50. The Hall–Kier alpha value is -1.95. The quantitative estimate of drug-likeness (QED) is 0.771. The fraction of sp³-hybridized carbons (Fsp3) is 0.562. The van der Waals surface area contributed by atoms with Gasteiger partial charge in [0.2, 0.25) is 5.91 Å². The molecule has 0 aliphatic carbocycles. The van der Waals surface area contributed by atoms with Crippen LogP contribution in [-0.4, -0.2) is 46.7 Å². The molecule has 2 N–H and O–H groups in total. The number of aliphatic hydroxyl groups is 1. The van der Waals surface area contributed by atoms with Gasteiger partial charge in [0.1, 0.15) is 5.82 Å². The molecule has 0 aromatic carbocycles. The summed E-state index contributed by atoms with van der Waals surface area (Å²) in [6.07, 6.45) is 11.2. The first-order valence-electron chi connectivity index (χ1n) is 7.78. The van der Waals surface area contributed by atoms with Gasteiger partial charge in [0.15, 0.2) is 0 Å². The van der Waals surface area contributed by atoms with Gasteiger partial charge in [0.05, 0.1) is 18.8 Å². The Labute approximate surface area is 131 Å².